The van der Waals surface area contributed by atoms with Crippen molar-refractivity contribution in [1.82, 2.24) is 19.6 Å². The number of hydrogen-bond acceptors (Lipinski definition) is 8. The average molecular weight is 576 g/mol. The molecule has 41 heavy (non-hydrogen) atoms. The first kappa shape index (κ1) is 30.7. The SMILES string of the molecule is CCCCN(CCCCN)C(=O)CN1C[C@H](c2cc(OC)c3c(c2)OCO3)C(C(=O)O)[C@@H]1CCN1CCN(C)C1=O. The maximum atomic E-state index is 13.7. The van der Waals surface area contributed by atoms with Crippen molar-refractivity contribution >= 4 is 17.9 Å². The molecule has 2 fully saturated rings. The summed E-state index contributed by atoms with van der Waals surface area (Å²) in [6.07, 6.45) is 4.00. The number of carbonyl (C=O) groups is 3. The maximum absolute atomic E-state index is 13.7. The van der Waals surface area contributed by atoms with E-state index in [1.165, 1.54) is 7.11 Å². The Kier molecular flexibility index (Phi) is 10.5. The minimum atomic E-state index is -0.928. The minimum absolute atomic E-state index is 0.00879. The van der Waals surface area contributed by atoms with Crippen LogP contribution in [-0.2, 0) is 9.59 Å². The standard InChI is InChI=1S/C29H45N5O7/c1-4-5-10-32(11-7-6-9-30)25(35)18-34-17-21(20-15-23(39-3)27-24(16-20)40-19-41-27)26(28(36)37)22(34)8-12-33-14-13-31(2)29(33)38/h15-16,21-22,26H,4-14,17-19,30H2,1-3H3,(H,36,37)/t21-,22+,26?/m1/s1. The monoisotopic (exact) mass is 575 g/mol. The van der Waals surface area contributed by atoms with Gasteiger partial charge in [0.05, 0.1) is 19.6 Å². The first-order chi connectivity index (χ1) is 19.8. The average Bonchev–Trinajstić information content (AvgIpc) is 3.66. The molecule has 2 saturated heterocycles. The van der Waals surface area contributed by atoms with E-state index >= 15 is 0 Å². The van der Waals surface area contributed by atoms with Crippen molar-refractivity contribution in [2.45, 2.75) is 51.0 Å². The molecule has 228 valence electrons. The fraction of sp³-hybridized carbons (Fsp3) is 0.690. The number of fused-ring (bicyclic) bond motifs is 1. The fourth-order valence-electron chi connectivity index (χ4n) is 6.18. The first-order valence-electron chi connectivity index (χ1n) is 14.7. The zero-order valence-electron chi connectivity index (χ0n) is 24.5. The van der Waals surface area contributed by atoms with Gasteiger partial charge in [-0.15, -0.1) is 0 Å². The van der Waals surface area contributed by atoms with Crippen LogP contribution in [0.2, 0.25) is 0 Å². The van der Waals surface area contributed by atoms with Crippen LogP contribution in [0.5, 0.6) is 17.2 Å². The molecule has 3 heterocycles. The number of likely N-dealkylation sites (tertiary alicyclic amines) is 1. The number of unbranched alkanes of at least 4 members (excludes halogenated alkanes) is 2. The lowest BCUT2D eigenvalue weighted by Gasteiger charge is -2.30. The fourth-order valence-corrected chi connectivity index (χ4v) is 6.18. The van der Waals surface area contributed by atoms with Crippen molar-refractivity contribution in [3.63, 3.8) is 0 Å². The largest absolute Gasteiger partial charge is 0.493 e. The van der Waals surface area contributed by atoms with Gasteiger partial charge >= 0.3 is 12.0 Å². The number of likely N-dealkylation sites (N-methyl/N-ethyl adjacent to an activating group) is 1. The van der Waals surface area contributed by atoms with Crippen LogP contribution in [0.3, 0.4) is 0 Å². The van der Waals surface area contributed by atoms with Gasteiger partial charge < -0.3 is 39.8 Å². The van der Waals surface area contributed by atoms with Crippen LogP contribution in [0.25, 0.3) is 0 Å². The molecule has 1 aromatic carbocycles. The molecule has 0 aliphatic carbocycles. The summed E-state index contributed by atoms with van der Waals surface area (Å²) >= 11 is 0. The highest BCUT2D eigenvalue weighted by atomic mass is 16.7. The zero-order valence-corrected chi connectivity index (χ0v) is 24.5. The quantitative estimate of drug-likeness (QED) is 0.301. The molecule has 12 nitrogen and oxygen atoms in total. The maximum Gasteiger partial charge on any atom is 0.319 e. The van der Waals surface area contributed by atoms with E-state index in [0.717, 1.165) is 31.2 Å². The van der Waals surface area contributed by atoms with Crippen molar-refractivity contribution in [2.24, 2.45) is 11.7 Å². The number of aliphatic carboxylic acids is 1. The number of urea groups is 1. The number of hydrogen-bond donors (Lipinski definition) is 2. The molecule has 3 amide bonds. The zero-order chi connectivity index (χ0) is 29.5. The highest BCUT2D eigenvalue weighted by Gasteiger charge is 2.48. The van der Waals surface area contributed by atoms with Crippen molar-refractivity contribution in [2.75, 3.05) is 73.3 Å². The smallest absolute Gasteiger partial charge is 0.319 e. The number of methoxy groups -OCH3 is 1. The third-order valence-electron chi connectivity index (χ3n) is 8.49. The Morgan fingerprint density at radius 3 is 2.61 bits per heavy atom. The summed E-state index contributed by atoms with van der Waals surface area (Å²) in [5.74, 6) is -0.623. The molecule has 3 aliphatic rings. The number of carbonyl (C=O) groups excluding carboxylic acids is 2. The number of nitrogens with zero attached hydrogens (tertiary/aromatic N) is 4. The third-order valence-corrected chi connectivity index (χ3v) is 8.49. The summed E-state index contributed by atoms with van der Waals surface area (Å²) in [4.78, 5) is 46.4. The van der Waals surface area contributed by atoms with Crippen LogP contribution in [0.1, 0.15) is 50.5 Å². The highest BCUT2D eigenvalue weighted by molar-refractivity contribution is 5.79. The Balaban J connectivity index is 1.61. The second-order valence-corrected chi connectivity index (χ2v) is 11.1. The second kappa shape index (κ2) is 14.1. The van der Waals surface area contributed by atoms with E-state index in [1.54, 1.807) is 16.8 Å². The molecule has 1 unspecified atom stereocenters. The lowest BCUT2D eigenvalue weighted by atomic mass is 9.84. The summed E-state index contributed by atoms with van der Waals surface area (Å²) in [7, 11) is 3.30. The molecule has 3 aliphatic heterocycles. The van der Waals surface area contributed by atoms with Gasteiger partial charge in [-0.1, -0.05) is 13.3 Å². The molecule has 3 atom stereocenters. The van der Waals surface area contributed by atoms with E-state index in [9.17, 15) is 19.5 Å². The van der Waals surface area contributed by atoms with Crippen molar-refractivity contribution in [1.29, 1.82) is 0 Å². The van der Waals surface area contributed by atoms with E-state index in [2.05, 4.69) is 6.92 Å². The van der Waals surface area contributed by atoms with Gasteiger partial charge in [0.25, 0.3) is 0 Å². The molecule has 3 N–H and O–H groups in total. The lowest BCUT2D eigenvalue weighted by molar-refractivity contribution is -0.144. The molecule has 0 aromatic heterocycles. The molecule has 4 rings (SSSR count). The number of nitrogens with two attached hydrogens (primary N) is 1. The van der Waals surface area contributed by atoms with Gasteiger partial charge in [0.2, 0.25) is 18.4 Å². The van der Waals surface area contributed by atoms with E-state index in [4.69, 9.17) is 19.9 Å². The van der Waals surface area contributed by atoms with Crippen LogP contribution in [0.15, 0.2) is 12.1 Å². The highest BCUT2D eigenvalue weighted by Crippen LogP contribution is 2.47. The Hall–Kier alpha value is -3.25. The molecule has 0 bridgehead atoms. The Morgan fingerprint density at radius 2 is 1.95 bits per heavy atom. The third kappa shape index (κ3) is 6.98. The van der Waals surface area contributed by atoms with Gasteiger partial charge in [-0.05, 0) is 49.9 Å². The number of rotatable bonds is 15. The Labute approximate surface area is 242 Å². The van der Waals surface area contributed by atoms with Gasteiger partial charge in [-0.2, -0.15) is 0 Å². The number of benzene rings is 1. The molecule has 12 heteroatoms. The molecule has 1 aromatic rings. The van der Waals surface area contributed by atoms with E-state index in [1.807, 2.05) is 21.9 Å². The number of ether oxygens (including phenoxy) is 3. The molecular weight excluding hydrogens is 530 g/mol. The lowest BCUT2D eigenvalue weighted by Crippen LogP contribution is -2.46. The summed E-state index contributed by atoms with van der Waals surface area (Å²) in [6, 6.07) is 3.15. The van der Waals surface area contributed by atoms with E-state index < -0.39 is 23.8 Å². The van der Waals surface area contributed by atoms with Crippen LogP contribution >= 0.6 is 0 Å². The van der Waals surface area contributed by atoms with Gasteiger partial charge in [0.15, 0.2) is 11.5 Å². The van der Waals surface area contributed by atoms with Gasteiger partial charge in [0.1, 0.15) is 0 Å². The molecular formula is C29H45N5O7. The van der Waals surface area contributed by atoms with Crippen LogP contribution in [0.4, 0.5) is 4.79 Å². The van der Waals surface area contributed by atoms with Crippen molar-refractivity contribution in [3.05, 3.63) is 17.7 Å². The molecule has 0 spiro atoms. The van der Waals surface area contributed by atoms with E-state index in [-0.39, 0.29) is 25.3 Å². The predicted molar refractivity (Wildman–Crippen MR) is 152 cm³/mol. The Bertz CT molecular complexity index is 1090. The number of amides is 3. The van der Waals surface area contributed by atoms with Gasteiger partial charge in [-0.25, -0.2) is 4.79 Å². The number of carboxylic acid groups (broad SMARTS) is 1. The summed E-state index contributed by atoms with van der Waals surface area (Å²) < 4.78 is 16.7. The van der Waals surface area contributed by atoms with E-state index in [0.29, 0.717) is 69.5 Å². The second-order valence-electron chi connectivity index (χ2n) is 11.1. The normalized spacial score (nSPS) is 22.0. The van der Waals surface area contributed by atoms with Gasteiger partial charge in [0, 0.05) is 58.3 Å². The topological polar surface area (TPSA) is 138 Å². The van der Waals surface area contributed by atoms with Crippen LogP contribution in [-0.4, -0.2) is 122 Å². The minimum Gasteiger partial charge on any atom is -0.493 e. The summed E-state index contributed by atoms with van der Waals surface area (Å²) in [6.45, 7) is 6.22. The predicted octanol–water partition coefficient (Wildman–Crippen LogP) is 2.02. The first-order valence-corrected chi connectivity index (χ1v) is 14.7. The van der Waals surface area contributed by atoms with Crippen LogP contribution < -0.4 is 19.9 Å². The summed E-state index contributed by atoms with van der Waals surface area (Å²) in [5.41, 5.74) is 6.45. The van der Waals surface area contributed by atoms with Crippen molar-refractivity contribution < 1.29 is 33.7 Å². The van der Waals surface area contributed by atoms with Crippen LogP contribution in [0, 0.1) is 5.92 Å². The summed E-state index contributed by atoms with van der Waals surface area (Å²) in [5, 5.41) is 10.5. The number of carboxylic acids is 1. The van der Waals surface area contributed by atoms with Gasteiger partial charge in [-0.3, -0.25) is 14.5 Å². The Morgan fingerprint density at radius 1 is 1.17 bits per heavy atom. The molecule has 0 radical (unpaired) electrons. The van der Waals surface area contributed by atoms with Crippen molar-refractivity contribution in [3.8, 4) is 17.2 Å². The molecule has 0 saturated carbocycles.